The molecule has 3 aromatic carbocycles. The van der Waals surface area contributed by atoms with Gasteiger partial charge in [0.05, 0.1) is 10.2 Å². The molecule has 1 saturated heterocycles. The standard InChI is InChI=1S/C28H25N3OS2/c1-19-7-11-21(12-8-19)30-17-18-31(22-13-9-20(2)10-14-22)27(30)24-15-16-26(32-24)34-28-29-23-5-3-4-6-25(23)33-28/h3-16,27H,17-18H2,1-2H3. The zero-order valence-corrected chi connectivity index (χ0v) is 20.8. The number of para-hydroxylation sites is 1. The molecule has 6 rings (SSSR count). The molecule has 4 nitrogen and oxygen atoms in total. The lowest BCUT2D eigenvalue weighted by Gasteiger charge is -2.31. The summed E-state index contributed by atoms with van der Waals surface area (Å²) in [6.45, 7) is 6.12. The van der Waals surface area contributed by atoms with Crippen molar-refractivity contribution in [2.45, 2.75) is 29.4 Å². The Labute approximate surface area is 207 Å². The van der Waals surface area contributed by atoms with E-state index in [4.69, 9.17) is 9.40 Å². The van der Waals surface area contributed by atoms with Crippen LogP contribution in [0.1, 0.15) is 23.1 Å². The fourth-order valence-corrected chi connectivity index (χ4v) is 6.43. The monoisotopic (exact) mass is 483 g/mol. The Hall–Kier alpha value is -3.22. The minimum Gasteiger partial charge on any atom is -0.450 e. The van der Waals surface area contributed by atoms with Crippen LogP contribution in [0.3, 0.4) is 0 Å². The average Bonchev–Trinajstić information content (AvgIpc) is 3.58. The zero-order valence-electron chi connectivity index (χ0n) is 19.1. The summed E-state index contributed by atoms with van der Waals surface area (Å²) < 4.78 is 8.66. The lowest BCUT2D eigenvalue weighted by molar-refractivity contribution is 0.403. The molecule has 0 N–H and O–H groups in total. The van der Waals surface area contributed by atoms with Crippen molar-refractivity contribution in [2.24, 2.45) is 0 Å². The van der Waals surface area contributed by atoms with Gasteiger partial charge in [-0.2, -0.15) is 0 Å². The molecule has 0 radical (unpaired) electrons. The number of benzene rings is 3. The van der Waals surface area contributed by atoms with Gasteiger partial charge in [0.1, 0.15) is 5.76 Å². The number of nitrogens with zero attached hydrogens (tertiary/aromatic N) is 3. The molecule has 2 aromatic heterocycles. The molecular weight excluding hydrogens is 458 g/mol. The van der Waals surface area contributed by atoms with Crippen molar-refractivity contribution in [3.63, 3.8) is 0 Å². The minimum atomic E-state index is -0.00451. The second-order valence-corrected chi connectivity index (χ2v) is 10.9. The third-order valence-corrected chi connectivity index (χ3v) is 8.24. The summed E-state index contributed by atoms with van der Waals surface area (Å²) in [6, 6.07) is 30.0. The van der Waals surface area contributed by atoms with Crippen molar-refractivity contribution >= 4 is 44.7 Å². The Kier molecular flexibility index (Phi) is 5.55. The van der Waals surface area contributed by atoms with E-state index in [9.17, 15) is 0 Å². The van der Waals surface area contributed by atoms with Crippen LogP contribution in [-0.4, -0.2) is 18.1 Å². The number of rotatable bonds is 5. The minimum absolute atomic E-state index is 0.00451. The Morgan fingerprint density at radius 1 is 0.794 bits per heavy atom. The molecule has 0 atom stereocenters. The van der Waals surface area contributed by atoms with Gasteiger partial charge >= 0.3 is 0 Å². The molecule has 1 fully saturated rings. The Morgan fingerprint density at radius 2 is 1.41 bits per heavy atom. The molecule has 0 aliphatic carbocycles. The topological polar surface area (TPSA) is 32.5 Å². The van der Waals surface area contributed by atoms with E-state index >= 15 is 0 Å². The smallest absolute Gasteiger partial charge is 0.167 e. The van der Waals surface area contributed by atoms with Crippen molar-refractivity contribution in [2.75, 3.05) is 22.9 Å². The van der Waals surface area contributed by atoms with Crippen LogP contribution >= 0.6 is 23.1 Å². The van der Waals surface area contributed by atoms with Crippen LogP contribution in [0.25, 0.3) is 10.2 Å². The first kappa shape index (κ1) is 21.3. The van der Waals surface area contributed by atoms with Crippen LogP contribution in [0.4, 0.5) is 11.4 Å². The van der Waals surface area contributed by atoms with Gasteiger partial charge in [-0.1, -0.05) is 47.5 Å². The maximum atomic E-state index is 6.46. The number of aryl methyl sites for hydroxylation is 2. The maximum Gasteiger partial charge on any atom is 0.167 e. The summed E-state index contributed by atoms with van der Waals surface area (Å²) in [6.07, 6.45) is -0.00451. The number of thiazole rings is 1. The van der Waals surface area contributed by atoms with Crippen molar-refractivity contribution in [3.05, 3.63) is 102 Å². The van der Waals surface area contributed by atoms with Gasteiger partial charge in [-0.25, -0.2) is 4.98 Å². The molecule has 0 spiro atoms. The molecular formula is C28H25N3OS2. The Bertz CT molecular complexity index is 1340. The van der Waals surface area contributed by atoms with Crippen LogP contribution in [0, 0.1) is 13.8 Å². The van der Waals surface area contributed by atoms with Crippen LogP contribution in [0.5, 0.6) is 0 Å². The van der Waals surface area contributed by atoms with Crippen LogP contribution in [0.2, 0.25) is 0 Å². The molecule has 0 unspecified atom stereocenters. The number of furan rings is 1. The molecule has 0 bridgehead atoms. The van der Waals surface area contributed by atoms with Gasteiger partial charge in [-0.15, -0.1) is 11.3 Å². The van der Waals surface area contributed by atoms with E-state index in [0.717, 1.165) is 33.8 Å². The quantitative estimate of drug-likeness (QED) is 0.256. The van der Waals surface area contributed by atoms with Gasteiger partial charge in [-0.05, 0) is 74.1 Å². The van der Waals surface area contributed by atoms with E-state index in [1.807, 2.05) is 6.07 Å². The number of aromatic nitrogens is 1. The fraction of sp³-hybridized carbons (Fsp3) is 0.179. The molecule has 0 saturated carbocycles. The SMILES string of the molecule is Cc1ccc(N2CCN(c3ccc(C)cc3)C2c2ccc(Sc3nc4ccccc4s3)o2)cc1. The second kappa shape index (κ2) is 8.85. The first-order valence-electron chi connectivity index (χ1n) is 11.4. The number of anilines is 2. The van der Waals surface area contributed by atoms with E-state index < -0.39 is 0 Å². The highest BCUT2D eigenvalue weighted by molar-refractivity contribution is 8.01. The zero-order chi connectivity index (χ0) is 23.1. The van der Waals surface area contributed by atoms with Crippen LogP contribution in [0.15, 0.2) is 98.8 Å². The highest BCUT2D eigenvalue weighted by atomic mass is 32.2. The van der Waals surface area contributed by atoms with Gasteiger partial charge < -0.3 is 14.2 Å². The highest BCUT2D eigenvalue weighted by Crippen LogP contribution is 2.41. The molecule has 1 aliphatic rings. The molecule has 6 heteroatoms. The first-order valence-corrected chi connectivity index (χ1v) is 13.1. The van der Waals surface area contributed by atoms with E-state index in [-0.39, 0.29) is 6.17 Å². The third kappa shape index (κ3) is 4.08. The summed E-state index contributed by atoms with van der Waals surface area (Å²) in [5.41, 5.74) is 5.99. The lowest BCUT2D eigenvalue weighted by atomic mass is 10.2. The first-order chi connectivity index (χ1) is 16.6. The maximum absolute atomic E-state index is 6.46. The van der Waals surface area contributed by atoms with E-state index in [2.05, 4.69) is 103 Å². The molecule has 1 aliphatic heterocycles. The molecule has 34 heavy (non-hydrogen) atoms. The summed E-state index contributed by atoms with van der Waals surface area (Å²) in [7, 11) is 0. The third-order valence-electron chi connectivity index (χ3n) is 6.22. The van der Waals surface area contributed by atoms with Gasteiger partial charge in [0, 0.05) is 24.5 Å². The lowest BCUT2D eigenvalue weighted by Crippen LogP contribution is -2.30. The largest absolute Gasteiger partial charge is 0.450 e. The normalized spacial score (nSPS) is 14.4. The second-order valence-electron chi connectivity index (χ2n) is 8.64. The number of fused-ring (bicyclic) bond motifs is 1. The highest BCUT2D eigenvalue weighted by Gasteiger charge is 2.36. The van der Waals surface area contributed by atoms with Gasteiger partial charge in [0.25, 0.3) is 0 Å². The molecule has 170 valence electrons. The van der Waals surface area contributed by atoms with Crippen LogP contribution in [-0.2, 0) is 0 Å². The van der Waals surface area contributed by atoms with Crippen molar-refractivity contribution in [1.82, 2.24) is 4.98 Å². The van der Waals surface area contributed by atoms with Gasteiger partial charge in [0.2, 0.25) is 0 Å². The number of hydrogen-bond donors (Lipinski definition) is 0. The van der Waals surface area contributed by atoms with Crippen LogP contribution < -0.4 is 9.80 Å². The predicted molar refractivity (Wildman–Crippen MR) is 142 cm³/mol. The van der Waals surface area contributed by atoms with Gasteiger partial charge in [-0.3, -0.25) is 0 Å². The fourth-order valence-electron chi connectivity index (χ4n) is 4.46. The average molecular weight is 484 g/mol. The van der Waals surface area contributed by atoms with Gasteiger partial charge in [0.15, 0.2) is 15.6 Å². The Morgan fingerprint density at radius 3 is 2.03 bits per heavy atom. The van der Waals surface area contributed by atoms with E-state index in [1.54, 1.807) is 23.1 Å². The predicted octanol–water partition coefficient (Wildman–Crippen LogP) is 7.68. The summed E-state index contributed by atoms with van der Waals surface area (Å²) >= 11 is 3.30. The summed E-state index contributed by atoms with van der Waals surface area (Å²) in [5.74, 6) is 0.947. The Balaban J connectivity index is 1.34. The summed E-state index contributed by atoms with van der Waals surface area (Å²) in [4.78, 5) is 9.63. The van der Waals surface area contributed by atoms with Crippen molar-refractivity contribution < 1.29 is 4.42 Å². The summed E-state index contributed by atoms with van der Waals surface area (Å²) in [5, 5.41) is 0.869. The van der Waals surface area contributed by atoms with E-state index in [0.29, 0.717) is 0 Å². The van der Waals surface area contributed by atoms with Crippen molar-refractivity contribution in [3.8, 4) is 0 Å². The van der Waals surface area contributed by atoms with E-state index in [1.165, 1.54) is 27.2 Å². The molecule has 5 aromatic rings. The van der Waals surface area contributed by atoms with Crippen molar-refractivity contribution in [1.29, 1.82) is 0 Å². The molecule has 3 heterocycles. The molecule has 0 amide bonds. The number of hydrogen-bond acceptors (Lipinski definition) is 6.